The molecule has 0 fully saturated rings. The lowest BCUT2D eigenvalue weighted by molar-refractivity contribution is 0.432. The molecule has 0 aliphatic rings. The van der Waals surface area contributed by atoms with Crippen LogP contribution in [0.2, 0.25) is 0 Å². The molecule has 0 saturated heterocycles. The first kappa shape index (κ1) is 13.6. The molecule has 0 aliphatic heterocycles. The zero-order valence-electron chi connectivity index (χ0n) is 10.5. The summed E-state index contributed by atoms with van der Waals surface area (Å²) in [6.45, 7) is 6.75. The van der Waals surface area contributed by atoms with Gasteiger partial charge in [-0.1, -0.05) is 46.5 Å². The number of hydrogen-bond acceptors (Lipinski definition) is 2. The molecule has 0 radical (unpaired) electrons. The molecule has 1 aromatic rings. The second kappa shape index (κ2) is 6.33. The first-order chi connectivity index (χ1) is 7.58. The first-order valence-electron chi connectivity index (χ1n) is 6.04. The minimum Gasteiger partial charge on any atom is -0.244 e. The third-order valence-corrected chi connectivity index (χ3v) is 3.54. The summed E-state index contributed by atoms with van der Waals surface area (Å²) in [6, 6.07) is 0. The lowest BCUT2D eigenvalue weighted by Crippen LogP contribution is -2.19. The van der Waals surface area contributed by atoms with Crippen LogP contribution in [-0.4, -0.2) is 9.97 Å². The van der Waals surface area contributed by atoms with Gasteiger partial charge in [0.1, 0.15) is 6.33 Å². The fourth-order valence-corrected chi connectivity index (χ4v) is 2.68. The normalized spacial score (nSPS) is 11.8. The van der Waals surface area contributed by atoms with Crippen molar-refractivity contribution in [2.45, 2.75) is 58.3 Å². The van der Waals surface area contributed by atoms with E-state index in [1.165, 1.54) is 32.1 Å². The summed E-state index contributed by atoms with van der Waals surface area (Å²) in [4.78, 5) is 8.40. The van der Waals surface area contributed by atoms with Gasteiger partial charge < -0.3 is 0 Å². The highest BCUT2D eigenvalue weighted by molar-refractivity contribution is 9.10. The molecule has 0 amide bonds. The monoisotopic (exact) mass is 284 g/mol. The number of unbranched alkanes of at least 4 members (excludes halogenated alkanes) is 3. The molecular formula is C13H21BrN2. The van der Waals surface area contributed by atoms with Crippen molar-refractivity contribution < 1.29 is 0 Å². The molecule has 0 unspecified atom stereocenters. The van der Waals surface area contributed by atoms with Gasteiger partial charge in [0.25, 0.3) is 0 Å². The van der Waals surface area contributed by atoms with Gasteiger partial charge in [0, 0.05) is 11.6 Å². The van der Waals surface area contributed by atoms with E-state index in [2.05, 4.69) is 46.7 Å². The predicted molar refractivity (Wildman–Crippen MR) is 71.5 cm³/mol. The van der Waals surface area contributed by atoms with E-state index in [0.717, 1.165) is 10.2 Å². The Morgan fingerprint density at radius 3 is 2.62 bits per heavy atom. The molecule has 2 nitrogen and oxygen atoms in total. The van der Waals surface area contributed by atoms with E-state index in [0.29, 0.717) is 0 Å². The Balaban J connectivity index is 2.59. The SMILES string of the molecule is CCCCCCC(C)(C)c1ncncc1Br. The molecule has 0 aromatic carbocycles. The van der Waals surface area contributed by atoms with Crippen LogP contribution in [-0.2, 0) is 5.41 Å². The Bertz CT molecular complexity index is 323. The Labute approximate surface area is 107 Å². The summed E-state index contributed by atoms with van der Waals surface area (Å²) < 4.78 is 1.02. The van der Waals surface area contributed by atoms with Crippen molar-refractivity contribution >= 4 is 15.9 Å². The number of halogens is 1. The summed E-state index contributed by atoms with van der Waals surface area (Å²) >= 11 is 3.53. The summed E-state index contributed by atoms with van der Waals surface area (Å²) in [5.74, 6) is 0. The quantitative estimate of drug-likeness (QED) is 0.720. The largest absolute Gasteiger partial charge is 0.244 e. The maximum Gasteiger partial charge on any atom is 0.115 e. The lowest BCUT2D eigenvalue weighted by atomic mass is 9.83. The molecule has 90 valence electrons. The van der Waals surface area contributed by atoms with Crippen LogP contribution >= 0.6 is 15.9 Å². The van der Waals surface area contributed by atoms with Crippen LogP contribution in [0, 0.1) is 0 Å². The summed E-state index contributed by atoms with van der Waals surface area (Å²) in [5, 5.41) is 0. The van der Waals surface area contributed by atoms with Crippen LogP contribution < -0.4 is 0 Å². The van der Waals surface area contributed by atoms with E-state index < -0.39 is 0 Å². The average Bonchev–Trinajstić information content (AvgIpc) is 2.25. The predicted octanol–water partition coefficient (Wildman–Crippen LogP) is 4.49. The molecular weight excluding hydrogens is 264 g/mol. The minimum absolute atomic E-state index is 0.134. The van der Waals surface area contributed by atoms with Crippen molar-refractivity contribution in [3.05, 3.63) is 22.7 Å². The number of aromatic nitrogens is 2. The van der Waals surface area contributed by atoms with Crippen molar-refractivity contribution in [3.8, 4) is 0 Å². The molecule has 0 aliphatic carbocycles. The Kier molecular flexibility index (Phi) is 5.39. The highest BCUT2D eigenvalue weighted by Crippen LogP contribution is 2.32. The van der Waals surface area contributed by atoms with Gasteiger partial charge in [0.2, 0.25) is 0 Å². The zero-order valence-corrected chi connectivity index (χ0v) is 12.0. The zero-order chi connectivity index (χ0) is 12.0. The van der Waals surface area contributed by atoms with Crippen LogP contribution in [0.4, 0.5) is 0 Å². The maximum atomic E-state index is 4.39. The van der Waals surface area contributed by atoms with Crippen molar-refractivity contribution in [1.29, 1.82) is 0 Å². The van der Waals surface area contributed by atoms with E-state index in [1.54, 1.807) is 6.33 Å². The van der Waals surface area contributed by atoms with Gasteiger partial charge in [-0.15, -0.1) is 0 Å². The van der Waals surface area contributed by atoms with Gasteiger partial charge in [0.15, 0.2) is 0 Å². The molecule has 1 heterocycles. The molecule has 0 N–H and O–H groups in total. The smallest absolute Gasteiger partial charge is 0.115 e. The van der Waals surface area contributed by atoms with Gasteiger partial charge in [-0.25, -0.2) is 9.97 Å². The standard InChI is InChI=1S/C13H21BrN2/c1-4-5-6-7-8-13(2,3)12-11(14)9-15-10-16-12/h9-10H,4-8H2,1-3H3. The van der Waals surface area contributed by atoms with E-state index >= 15 is 0 Å². The fourth-order valence-electron chi connectivity index (χ4n) is 1.92. The average molecular weight is 285 g/mol. The fraction of sp³-hybridized carbons (Fsp3) is 0.692. The van der Waals surface area contributed by atoms with Gasteiger partial charge in [-0.05, 0) is 22.4 Å². The molecule has 3 heteroatoms. The topological polar surface area (TPSA) is 25.8 Å². The summed E-state index contributed by atoms with van der Waals surface area (Å²) in [7, 11) is 0. The Morgan fingerprint density at radius 1 is 1.25 bits per heavy atom. The third-order valence-electron chi connectivity index (χ3n) is 2.96. The second-order valence-electron chi connectivity index (χ2n) is 4.91. The Hall–Kier alpha value is -0.440. The van der Waals surface area contributed by atoms with Crippen LogP contribution in [0.5, 0.6) is 0 Å². The van der Waals surface area contributed by atoms with Crippen LogP contribution in [0.25, 0.3) is 0 Å². The van der Waals surface area contributed by atoms with Crippen molar-refractivity contribution in [1.82, 2.24) is 9.97 Å². The van der Waals surface area contributed by atoms with Gasteiger partial charge >= 0.3 is 0 Å². The van der Waals surface area contributed by atoms with Crippen LogP contribution in [0.15, 0.2) is 17.0 Å². The third kappa shape index (κ3) is 3.85. The Morgan fingerprint density at radius 2 is 2.00 bits per heavy atom. The summed E-state index contributed by atoms with van der Waals surface area (Å²) in [5.41, 5.74) is 1.26. The molecule has 0 spiro atoms. The van der Waals surface area contributed by atoms with E-state index in [-0.39, 0.29) is 5.41 Å². The lowest BCUT2D eigenvalue weighted by Gasteiger charge is -2.24. The van der Waals surface area contributed by atoms with Crippen LogP contribution in [0.1, 0.15) is 58.6 Å². The van der Waals surface area contributed by atoms with Crippen molar-refractivity contribution in [3.63, 3.8) is 0 Å². The molecule has 0 saturated carbocycles. The van der Waals surface area contributed by atoms with Crippen molar-refractivity contribution in [2.75, 3.05) is 0 Å². The van der Waals surface area contributed by atoms with Gasteiger partial charge in [-0.3, -0.25) is 0 Å². The molecule has 16 heavy (non-hydrogen) atoms. The number of hydrogen-bond donors (Lipinski definition) is 0. The van der Waals surface area contributed by atoms with E-state index in [4.69, 9.17) is 0 Å². The van der Waals surface area contributed by atoms with E-state index in [1.807, 2.05) is 6.20 Å². The van der Waals surface area contributed by atoms with E-state index in [9.17, 15) is 0 Å². The molecule has 0 bridgehead atoms. The second-order valence-corrected chi connectivity index (χ2v) is 5.77. The number of rotatable bonds is 6. The first-order valence-corrected chi connectivity index (χ1v) is 6.83. The highest BCUT2D eigenvalue weighted by Gasteiger charge is 2.23. The molecule has 1 rings (SSSR count). The van der Waals surface area contributed by atoms with Gasteiger partial charge in [0.05, 0.1) is 10.2 Å². The highest BCUT2D eigenvalue weighted by atomic mass is 79.9. The van der Waals surface area contributed by atoms with Crippen molar-refractivity contribution in [2.24, 2.45) is 0 Å². The maximum absolute atomic E-state index is 4.39. The molecule has 0 atom stereocenters. The molecule has 1 aromatic heterocycles. The minimum atomic E-state index is 0.134. The van der Waals surface area contributed by atoms with Gasteiger partial charge in [-0.2, -0.15) is 0 Å². The summed E-state index contributed by atoms with van der Waals surface area (Å²) in [6.07, 6.45) is 9.87. The van der Waals surface area contributed by atoms with Crippen LogP contribution in [0.3, 0.4) is 0 Å². The number of nitrogens with zero attached hydrogens (tertiary/aromatic N) is 2.